The Hall–Kier alpha value is -2.56. The lowest BCUT2D eigenvalue weighted by Gasteiger charge is -2.19. The van der Waals surface area contributed by atoms with E-state index in [0.717, 1.165) is 5.56 Å². The van der Waals surface area contributed by atoms with Gasteiger partial charge in [0.25, 0.3) is 5.91 Å². The molecule has 0 aliphatic heterocycles. The smallest absolute Gasteiger partial charge is 0.253 e. The van der Waals surface area contributed by atoms with E-state index in [0.29, 0.717) is 36.8 Å². The van der Waals surface area contributed by atoms with Gasteiger partial charge in [0.2, 0.25) is 0 Å². The van der Waals surface area contributed by atoms with Gasteiger partial charge in [-0.15, -0.1) is 0 Å². The maximum atomic E-state index is 12.5. The molecule has 0 fully saturated rings. The van der Waals surface area contributed by atoms with E-state index in [1.165, 1.54) is 0 Å². The van der Waals surface area contributed by atoms with Crippen LogP contribution >= 0.6 is 0 Å². The quantitative estimate of drug-likeness (QED) is 0.788. The first-order valence-electron chi connectivity index (χ1n) is 7.68. The Balaban J connectivity index is 2.20. The number of benzene rings is 1. The molecule has 0 aliphatic carbocycles. The van der Waals surface area contributed by atoms with Gasteiger partial charge < -0.3 is 14.4 Å². The summed E-state index contributed by atoms with van der Waals surface area (Å²) < 4.78 is 11.1. The third-order valence-electron chi connectivity index (χ3n) is 3.60. The summed E-state index contributed by atoms with van der Waals surface area (Å²) in [5.41, 5.74) is 1.60. The Morgan fingerprint density at radius 2 is 1.78 bits per heavy atom. The molecule has 0 saturated heterocycles. The minimum absolute atomic E-state index is 0.00795. The Kier molecular flexibility index (Phi) is 5.97. The van der Waals surface area contributed by atoms with Crippen LogP contribution in [0, 0.1) is 0 Å². The summed E-state index contributed by atoms with van der Waals surface area (Å²) in [4.78, 5) is 18.2. The molecule has 0 radical (unpaired) electrons. The number of carbonyl (C=O) groups excluding carboxylic acids is 1. The molecule has 1 amide bonds. The minimum atomic E-state index is -0.00795. The van der Waals surface area contributed by atoms with Crippen molar-refractivity contribution in [2.75, 3.05) is 20.2 Å². The lowest BCUT2D eigenvalue weighted by molar-refractivity contribution is 0.0772. The fourth-order valence-electron chi connectivity index (χ4n) is 2.26. The molecule has 0 bridgehead atoms. The summed E-state index contributed by atoms with van der Waals surface area (Å²) in [6.07, 6.45) is 3.44. The van der Waals surface area contributed by atoms with E-state index in [1.54, 1.807) is 42.6 Å². The second-order valence-electron chi connectivity index (χ2n) is 4.99. The van der Waals surface area contributed by atoms with Crippen molar-refractivity contribution in [1.29, 1.82) is 0 Å². The van der Waals surface area contributed by atoms with Crippen molar-refractivity contribution in [2.45, 2.75) is 20.5 Å². The van der Waals surface area contributed by atoms with Gasteiger partial charge in [-0.3, -0.25) is 9.78 Å². The zero-order valence-electron chi connectivity index (χ0n) is 13.8. The number of pyridine rings is 1. The van der Waals surface area contributed by atoms with Gasteiger partial charge in [-0.2, -0.15) is 0 Å². The van der Waals surface area contributed by atoms with E-state index in [2.05, 4.69) is 4.98 Å². The summed E-state index contributed by atoms with van der Waals surface area (Å²) in [5, 5.41) is 0. The highest BCUT2D eigenvalue weighted by Crippen LogP contribution is 2.29. The van der Waals surface area contributed by atoms with Gasteiger partial charge in [0.1, 0.15) is 6.61 Å². The van der Waals surface area contributed by atoms with Crippen LogP contribution in [0.3, 0.4) is 0 Å². The van der Waals surface area contributed by atoms with Crippen molar-refractivity contribution in [2.24, 2.45) is 0 Å². The van der Waals surface area contributed by atoms with Crippen LogP contribution in [0.4, 0.5) is 0 Å². The molecule has 0 spiro atoms. The first kappa shape index (κ1) is 16.8. The number of hydrogen-bond acceptors (Lipinski definition) is 4. The van der Waals surface area contributed by atoms with Crippen LogP contribution in [-0.4, -0.2) is 36.0 Å². The molecule has 0 atom stereocenters. The number of rotatable bonds is 7. The van der Waals surface area contributed by atoms with Crippen LogP contribution in [0.15, 0.2) is 42.7 Å². The topological polar surface area (TPSA) is 51.7 Å². The summed E-state index contributed by atoms with van der Waals surface area (Å²) >= 11 is 0. The van der Waals surface area contributed by atoms with E-state index in [9.17, 15) is 4.79 Å². The summed E-state index contributed by atoms with van der Waals surface area (Å²) in [6.45, 7) is 5.67. The van der Waals surface area contributed by atoms with Crippen molar-refractivity contribution in [1.82, 2.24) is 9.88 Å². The van der Waals surface area contributed by atoms with Gasteiger partial charge in [-0.05, 0) is 49.7 Å². The molecule has 0 unspecified atom stereocenters. The fourth-order valence-corrected chi connectivity index (χ4v) is 2.26. The van der Waals surface area contributed by atoms with Crippen LogP contribution in [0.5, 0.6) is 11.5 Å². The Morgan fingerprint density at radius 1 is 1.09 bits per heavy atom. The van der Waals surface area contributed by atoms with Crippen LogP contribution < -0.4 is 9.47 Å². The van der Waals surface area contributed by atoms with Crippen LogP contribution in [0.2, 0.25) is 0 Å². The second-order valence-corrected chi connectivity index (χ2v) is 4.99. The highest BCUT2D eigenvalue weighted by molar-refractivity contribution is 5.94. The number of carbonyl (C=O) groups is 1. The van der Waals surface area contributed by atoms with Crippen molar-refractivity contribution in [3.05, 3.63) is 53.9 Å². The van der Waals surface area contributed by atoms with Crippen LogP contribution in [-0.2, 0) is 6.61 Å². The number of hydrogen-bond donors (Lipinski definition) is 0. The maximum Gasteiger partial charge on any atom is 0.253 e. The van der Waals surface area contributed by atoms with Crippen molar-refractivity contribution < 1.29 is 14.3 Å². The zero-order valence-corrected chi connectivity index (χ0v) is 13.8. The third kappa shape index (κ3) is 4.22. The van der Waals surface area contributed by atoms with Crippen LogP contribution in [0.1, 0.15) is 29.8 Å². The number of aromatic nitrogens is 1. The molecule has 0 N–H and O–H groups in total. The molecule has 23 heavy (non-hydrogen) atoms. The third-order valence-corrected chi connectivity index (χ3v) is 3.60. The molecular weight excluding hydrogens is 292 g/mol. The average molecular weight is 314 g/mol. The minimum Gasteiger partial charge on any atom is -0.493 e. The molecule has 5 nitrogen and oxygen atoms in total. The number of methoxy groups -OCH3 is 1. The zero-order chi connectivity index (χ0) is 16.7. The highest BCUT2D eigenvalue weighted by atomic mass is 16.5. The largest absolute Gasteiger partial charge is 0.493 e. The van der Waals surface area contributed by atoms with Crippen molar-refractivity contribution in [3.8, 4) is 11.5 Å². The molecular formula is C18H22N2O3. The predicted molar refractivity (Wildman–Crippen MR) is 88.8 cm³/mol. The molecule has 2 rings (SSSR count). The summed E-state index contributed by atoms with van der Waals surface area (Å²) in [7, 11) is 1.58. The van der Waals surface area contributed by atoms with E-state index >= 15 is 0 Å². The highest BCUT2D eigenvalue weighted by Gasteiger charge is 2.15. The lowest BCUT2D eigenvalue weighted by atomic mass is 10.1. The van der Waals surface area contributed by atoms with Gasteiger partial charge >= 0.3 is 0 Å². The number of nitrogens with zero attached hydrogens (tertiary/aromatic N) is 2. The Labute approximate surface area is 136 Å². The first-order chi connectivity index (χ1) is 11.2. The van der Waals surface area contributed by atoms with Gasteiger partial charge in [-0.25, -0.2) is 0 Å². The molecule has 5 heteroatoms. The molecule has 0 saturated carbocycles. The van der Waals surface area contributed by atoms with Gasteiger partial charge in [0.05, 0.1) is 7.11 Å². The normalized spacial score (nSPS) is 10.2. The van der Waals surface area contributed by atoms with E-state index in [4.69, 9.17) is 9.47 Å². The monoisotopic (exact) mass is 314 g/mol. The van der Waals surface area contributed by atoms with Gasteiger partial charge in [0, 0.05) is 31.0 Å². The molecule has 1 heterocycles. The Bertz CT molecular complexity index is 640. The summed E-state index contributed by atoms with van der Waals surface area (Å²) in [5.74, 6) is 1.16. The predicted octanol–water partition coefficient (Wildman–Crippen LogP) is 3.15. The van der Waals surface area contributed by atoms with Crippen molar-refractivity contribution in [3.63, 3.8) is 0 Å². The molecule has 1 aromatic carbocycles. The lowest BCUT2D eigenvalue weighted by Crippen LogP contribution is -2.30. The average Bonchev–Trinajstić information content (AvgIpc) is 2.61. The molecule has 0 aliphatic rings. The van der Waals surface area contributed by atoms with Crippen LogP contribution in [0.25, 0.3) is 0 Å². The van der Waals surface area contributed by atoms with E-state index in [1.807, 2.05) is 26.0 Å². The van der Waals surface area contributed by atoms with E-state index in [-0.39, 0.29) is 5.91 Å². The SMILES string of the molecule is CCN(CC)C(=O)c1ccc(OC)c(OCc2ccncc2)c1. The molecule has 2 aromatic rings. The van der Waals surface area contributed by atoms with E-state index < -0.39 is 0 Å². The number of amides is 1. The second kappa shape index (κ2) is 8.17. The number of ether oxygens (including phenoxy) is 2. The maximum absolute atomic E-state index is 12.5. The Morgan fingerprint density at radius 3 is 2.39 bits per heavy atom. The van der Waals surface area contributed by atoms with Gasteiger partial charge in [-0.1, -0.05) is 0 Å². The molecule has 122 valence electrons. The molecule has 1 aromatic heterocycles. The summed E-state index contributed by atoms with van der Waals surface area (Å²) in [6, 6.07) is 9.03. The van der Waals surface area contributed by atoms with Gasteiger partial charge in [0.15, 0.2) is 11.5 Å². The standard InChI is InChI=1S/C18H22N2O3/c1-4-20(5-2)18(21)15-6-7-16(22-3)17(12-15)23-13-14-8-10-19-11-9-14/h6-12H,4-5,13H2,1-3H3. The van der Waals surface area contributed by atoms with Crippen molar-refractivity contribution >= 4 is 5.91 Å². The fraction of sp³-hybridized carbons (Fsp3) is 0.333. The first-order valence-corrected chi connectivity index (χ1v) is 7.68.